The van der Waals surface area contributed by atoms with Crippen molar-refractivity contribution >= 4 is 18.0 Å². The van der Waals surface area contributed by atoms with Crippen LogP contribution < -0.4 is 15.6 Å². The lowest BCUT2D eigenvalue weighted by Gasteiger charge is -2.04. The number of nitrogens with zero attached hydrogens (tertiary/aromatic N) is 1. The average Bonchev–Trinajstić information content (AvgIpc) is 2.62. The molecule has 0 radical (unpaired) electrons. The monoisotopic (exact) mass is 329 g/mol. The van der Waals surface area contributed by atoms with E-state index in [0.29, 0.717) is 11.3 Å². The van der Waals surface area contributed by atoms with Crippen molar-refractivity contribution in [3.63, 3.8) is 0 Å². The summed E-state index contributed by atoms with van der Waals surface area (Å²) in [6.45, 7) is 0. The fourth-order valence-corrected chi connectivity index (χ4v) is 1.85. The second kappa shape index (κ2) is 7.75. The first-order valence-electron chi connectivity index (χ1n) is 6.80. The highest BCUT2D eigenvalue weighted by Gasteiger charge is 2.09. The summed E-state index contributed by atoms with van der Waals surface area (Å²) in [6, 6.07) is 10.3. The zero-order chi connectivity index (χ0) is 17.5. The van der Waals surface area contributed by atoms with E-state index in [2.05, 4.69) is 10.5 Å². The average molecular weight is 329 g/mol. The van der Waals surface area contributed by atoms with Gasteiger partial charge in [-0.05, 0) is 36.4 Å². The van der Waals surface area contributed by atoms with Gasteiger partial charge in [0.25, 0.3) is 11.8 Å². The number of hydrogen-bond donors (Lipinski definition) is 4. The molecule has 2 aromatic carbocycles. The molecule has 0 aliphatic rings. The molecular formula is C16H15N3O5. The predicted molar refractivity (Wildman–Crippen MR) is 85.4 cm³/mol. The van der Waals surface area contributed by atoms with Gasteiger partial charge >= 0.3 is 0 Å². The summed E-state index contributed by atoms with van der Waals surface area (Å²) in [5, 5.41) is 22.1. The minimum atomic E-state index is -0.727. The fourth-order valence-electron chi connectivity index (χ4n) is 1.85. The van der Waals surface area contributed by atoms with Gasteiger partial charge in [0.05, 0.1) is 13.3 Å². The lowest BCUT2D eigenvalue weighted by atomic mass is 10.1. The third-order valence-electron chi connectivity index (χ3n) is 3.09. The number of methoxy groups -OCH3 is 1. The first-order valence-corrected chi connectivity index (χ1v) is 6.80. The van der Waals surface area contributed by atoms with Gasteiger partial charge in [0, 0.05) is 16.7 Å². The molecule has 24 heavy (non-hydrogen) atoms. The molecule has 0 heterocycles. The van der Waals surface area contributed by atoms with Crippen LogP contribution in [0, 0.1) is 0 Å². The molecule has 0 bridgehead atoms. The van der Waals surface area contributed by atoms with Gasteiger partial charge in [0.1, 0.15) is 11.5 Å². The summed E-state index contributed by atoms with van der Waals surface area (Å²) in [7, 11) is 1.49. The lowest BCUT2D eigenvalue weighted by Crippen LogP contribution is -2.21. The third-order valence-corrected chi connectivity index (χ3v) is 3.09. The summed E-state index contributed by atoms with van der Waals surface area (Å²) in [6.07, 6.45) is 1.26. The van der Waals surface area contributed by atoms with E-state index >= 15 is 0 Å². The molecule has 0 aliphatic carbocycles. The smallest absolute Gasteiger partial charge is 0.274 e. The molecular weight excluding hydrogens is 314 g/mol. The Labute approximate surface area is 137 Å². The Morgan fingerprint density at radius 3 is 2.50 bits per heavy atom. The number of rotatable bonds is 5. The molecule has 124 valence electrons. The van der Waals surface area contributed by atoms with Crippen molar-refractivity contribution in [1.29, 1.82) is 0 Å². The Balaban J connectivity index is 2.09. The Hall–Kier alpha value is -3.39. The SMILES string of the molecule is COc1ccc(O)c(/C=N/NC(=O)c2cccc(C(=O)NO)c2)c1. The number of hydroxylamine groups is 1. The molecule has 0 fully saturated rings. The zero-order valence-electron chi connectivity index (χ0n) is 12.7. The largest absolute Gasteiger partial charge is 0.507 e. The van der Waals surface area contributed by atoms with Crippen LogP contribution in [0.5, 0.6) is 11.5 Å². The van der Waals surface area contributed by atoms with Crippen LogP contribution in [0.15, 0.2) is 47.6 Å². The van der Waals surface area contributed by atoms with Crippen LogP contribution in [0.2, 0.25) is 0 Å². The molecule has 0 unspecified atom stereocenters. The van der Waals surface area contributed by atoms with Gasteiger partial charge in [-0.3, -0.25) is 14.8 Å². The van der Waals surface area contributed by atoms with Gasteiger partial charge in [0.2, 0.25) is 0 Å². The highest BCUT2D eigenvalue weighted by molar-refractivity contribution is 5.99. The summed E-state index contributed by atoms with van der Waals surface area (Å²) in [5.41, 5.74) is 4.44. The maximum absolute atomic E-state index is 12.0. The van der Waals surface area contributed by atoms with Crippen molar-refractivity contribution < 1.29 is 24.6 Å². The number of nitrogens with one attached hydrogen (secondary N) is 2. The number of amides is 2. The first kappa shape index (κ1) is 17.0. The number of hydrazone groups is 1. The zero-order valence-corrected chi connectivity index (χ0v) is 12.7. The number of carbonyl (C=O) groups excluding carboxylic acids is 2. The predicted octanol–water partition coefficient (Wildman–Crippen LogP) is 1.28. The van der Waals surface area contributed by atoms with Gasteiger partial charge in [-0.25, -0.2) is 10.9 Å². The Morgan fingerprint density at radius 2 is 1.83 bits per heavy atom. The summed E-state index contributed by atoms with van der Waals surface area (Å²) >= 11 is 0. The van der Waals surface area contributed by atoms with E-state index in [1.54, 1.807) is 12.1 Å². The second-order valence-corrected chi connectivity index (χ2v) is 4.65. The van der Waals surface area contributed by atoms with Crippen molar-refractivity contribution in [2.75, 3.05) is 7.11 Å². The third kappa shape index (κ3) is 4.08. The van der Waals surface area contributed by atoms with Gasteiger partial charge in [-0.1, -0.05) is 6.07 Å². The van der Waals surface area contributed by atoms with E-state index in [1.165, 1.54) is 49.1 Å². The van der Waals surface area contributed by atoms with E-state index < -0.39 is 11.8 Å². The number of carbonyl (C=O) groups is 2. The van der Waals surface area contributed by atoms with Crippen LogP contribution in [-0.4, -0.2) is 35.5 Å². The fraction of sp³-hybridized carbons (Fsp3) is 0.0625. The van der Waals surface area contributed by atoms with Crippen molar-refractivity contribution in [2.45, 2.75) is 0 Å². The quantitative estimate of drug-likeness (QED) is 0.374. The molecule has 0 saturated heterocycles. The van der Waals surface area contributed by atoms with Crippen LogP contribution in [0.3, 0.4) is 0 Å². The highest BCUT2D eigenvalue weighted by atomic mass is 16.5. The summed E-state index contributed by atoms with van der Waals surface area (Å²) < 4.78 is 5.03. The van der Waals surface area contributed by atoms with Crippen LogP contribution in [0.25, 0.3) is 0 Å². The van der Waals surface area contributed by atoms with E-state index in [9.17, 15) is 14.7 Å². The molecule has 0 atom stereocenters. The Bertz CT molecular complexity index is 789. The van der Waals surface area contributed by atoms with Crippen LogP contribution in [0.1, 0.15) is 26.3 Å². The molecule has 4 N–H and O–H groups in total. The van der Waals surface area contributed by atoms with Crippen molar-refractivity contribution in [3.05, 3.63) is 59.2 Å². The standard InChI is InChI=1S/C16H15N3O5/c1-24-13-5-6-14(20)12(8-13)9-17-18-15(21)10-3-2-4-11(7-10)16(22)19-23/h2-9,20,23H,1H3,(H,18,21)(H,19,22)/b17-9+. The van der Waals surface area contributed by atoms with Gasteiger partial charge in [0.15, 0.2) is 0 Å². The summed E-state index contributed by atoms with van der Waals surface area (Å²) in [4.78, 5) is 23.3. The molecule has 0 aliphatic heterocycles. The van der Waals surface area contributed by atoms with Gasteiger partial charge in [-0.15, -0.1) is 0 Å². The molecule has 0 spiro atoms. The molecule has 8 nitrogen and oxygen atoms in total. The highest BCUT2D eigenvalue weighted by Crippen LogP contribution is 2.20. The summed E-state index contributed by atoms with van der Waals surface area (Å²) in [5.74, 6) is -0.769. The van der Waals surface area contributed by atoms with Gasteiger partial charge < -0.3 is 9.84 Å². The second-order valence-electron chi connectivity index (χ2n) is 4.65. The van der Waals surface area contributed by atoms with Gasteiger partial charge in [-0.2, -0.15) is 5.10 Å². The molecule has 2 aromatic rings. The van der Waals surface area contributed by atoms with Crippen molar-refractivity contribution in [1.82, 2.24) is 10.9 Å². The topological polar surface area (TPSA) is 120 Å². The number of phenolic OH excluding ortho intramolecular Hbond substituents is 1. The number of hydrogen-bond acceptors (Lipinski definition) is 6. The Morgan fingerprint density at radius 1 is 1.12 bits per heavy atom. The lowest BCUT2D eigenvalue weighted by molar-refractivity contribution is 0.0706. The molecule has 0 aromatic heterocycles. The first-order chi connectivity index (χ1) is 11.5. The van der Waals surface area contributed by atoms with E-state index in [1.807, 2.05) is 0 Å². The maximum atomic E-state index is 12.0. The van der Waals surface area contributed by atoms with Crippen LogP contribution in [-0.2, 0) is 0 Å². The Kier molecular flexibility index (Phi) is 5.48. The number of phenols is 1. The minimum absolute atomic E-state index is 0.0181. The molecule has 2 amide bonds. The van der Waals surface area contributed by atoms with Crippen molar-refractivity contribution in [2.24, 2.45) is 5.10 Å². The van der Waals surface area contributed by atoms with E-state index in [0.717, 1.165) is 0 Å². The number of ether oxygens (including phenoxy) is 1. The van der Waals surface area contributed by atoms with Crippen molar-refractivity contribution in [3.8, 4) is 11.5 Å². The number of aromatic hydroxyl groups is 1. The molecule has 2 rings (SSSR count). The molecule has 0 saturated carbocycles. The molecule has 8 heteroatoms. The van der Waals surface area contributed by atoms with Crippen LogP contribution >= 0.6 is 0 Å². The maximum Gasteiger partial charge on any atom is 0.274 e. The van der Waals surface area contributed by atoms with Crippen LogP contribution in [0.4, 0.5) is 0 Å². The number of benzene rings is 2. The van der Waals surface area contributed by atoms with E-state index in [4.69, 9.17) is 9.94 Å². The normalized spacial score (nSPS) is 10.4. The van der Waals surface area contributed by atoms with E-state index in [-0.39, 0.29) is 16.9 Å². The minimum Gasteiger partial charge on any atom is -0.507 e.